The summed E-state index contributed by atoms with van der Waals surface area (Å²) in [6.45, 7) is 4.75. The maximum atomic E-state index is 11.9. The molecule has 0 fully saturated rings. The second kappa shape index (κ2) is 6.53. The van der Waals surface area contributed by atoms with Gasteiger partial charge in [-0.05, 0) is 13.3 Å². The van der Waals surface area contributed by atoms with Crippen molar-refractivity contribution >= 4 is 50.3 Å². The van der Waals surface area contributed by atoms with E-state index in [9.17, 15) is 4.79 Å². The van der Waals surface area contributed by atoms with Crippen LogP contribution in [-0.4, -0.2) is 38.0 Å². The third-order valence-electron chi connectivity index (χ3n) is 2.20. The predicted octanol–water partition coefficient (Wildman–Crippen LogP) is 2.26. The van der Waals surface area contributed by atoms with Crippen LogP contribution in [0, 0.1) is 0 Å². The summed E-state index contributed by atoms with van der Waals surface area (Å²) in [7, 11) is 0. The molecule has 1 aliphatic heterocycles. The highest BCUT2D eigenvalue weighted by Crippen LogP contribution is 2.26. The van der Waals surface area contributed by atoms with Crippen LogP contribution in [0.2, 0.25) is 0 Å². The van der Waals surface area contributed by atoms with E-state index < -0.39 is 0 Å². The lowest BCUT2D eigenvalue weighted by atomic mass is 10.4. The molecular weight excluding hydrogens is 288 g/mol. The molecule has 2 rings (SSSR count). The van der Waals surface area contributed by atoms with Crippen LogP contribution in [0.5, 0.6) is 0 Å². The number of aryl methyl sites for hydroxylation is 1. The molecule has 1 aliphatic rings. The largest absolute Gasteiger partial charge is 0.300 e. The summed E-state index contributed by atoms with van der Waals surface area (Å²) in [5.74, 6) is 0.974. The minimum Gasteiger partial charge on any atom is -0.300 e. The third-order valence-corrected chi connectivity index (χ3v) is 5.49. The van der Waals surface area contributed by atoms with Crippen molar-refractivity contribution in [2.24, 2.45) is 4.99 Å². The Hall–Kier alpha value is -0.600. The van der Waals surface area contributed by atoms with Gasteiger partial charge in [0.25, 0.3) is 0 Å². The molecule has 0 saturated carbocycles. The summed E-state index contributed by atoms with van der Waals surface area (Å²) in [6, 6.07) is 0. The normalized spacial score (nSPS) is 16.4. The Bertz CT molecular complexity index is 460. The number of hydrogen-bond acceptors (Lipinski definition) is 7. The van der Waals surface area contributed by atoms with Crippen LogP contribution < -0.4 is 5.32 Å². The van der Waals surface area contributed by atoms with Crippen molar-refractivity contribution in [3.05, 3.63) is 5.01 Å². The molecule has 0 bridgehead atoms. The molecule has 5 nitrogen and oxygen atoms in total. The van der Waals surface area contributed by atoms with Crippen molar-refractivity contribution in [2.45, 2.75) is 25.5 Å². The molecule has 0 radical (unpaired) electrons. The number of aliphatic imine (C=N–C) groups is 1. The first kappa shape index (κ1) is 13.8. The van der Waals surface area contributed by atoms with Crippen molar-refractivity contribution in [3.8, 4) is 0 Å². The van der Waals surface area contributed by atoms with Crippen LogP contribution in [0.3, 0.4) is 0 Å². The Morgan fingerprint density at radius 3 is 3.00 bits per heavy atom. The lowest BCUT2D eigenvalue weighted by molar-refractivity contribution is -0.115. The lowest BCUT2D eigenvalue weighted by Gasteiger charge is -2.08. The van der Waals surface area contributed by atoms with Gasteiger partial charge in [0.15, 0.2) is 0 Å². The third kappa shape index (κ3) is 3.69. The molecule has 1 atom stereocenters. The SMILES string of the molecule is CCc1nnc(NC(=O)C(C)SC2=NCCS2)s1. The standard InChI is InChI=1S/C10H14N4OS3/c1-3-7-13-14-9(18-7)12-8(15)6(2)17-10-11-4-5-16-10/h6H,3-5H2,1-2H3,(H,12,14,15). The molecule has 8 heteroatoms. The summed E-state index contributed by atoms with van der Waals surface area (Å²) < 4.78 is 1.00. The van der Waals surface area contributed by atoms with Crippen molar-refractivity contribution in [1.82, 2.24) is 10.2 Å². The van der Waals surface area contributed by atoms with E-state index in [1.54, 1.807) is 11.8 Å². The fourth-order valence-electron chi connectivity index (χ4n) is 1.25. The van der Waals surface area contributed by atoms with Crippen LogP contribution in [-0.2, 0) is 11.2 Å². The molecular formula is C10H14N4OS3. The number of nitrogens with zero attached hydrogens (tertiary/aromatic N) is 3. The van der Waals surface area contributed by atoms with Gasteiger partial charge in [-0.1, -0.05) is 41.8 Å². The lowest BCUT2D eigenvalue weighted by Crippen LogP contribution is -2.23. The van der Waals surface area contributed by atoms with Crippen molar-refractivity contribution in [2.75, 3.05) is 17.6 Å². The summed E-state index contributed by atoms with van der Waals surface area (Å²) in [5, 5.41) is 12.0. The van der Waals surface area contributed by atoms with Gasteiger partial charge in [-0.25, -0.2) is 0 Å². The Labute approximate surface area is 118 Å². The van der Waals surface area contributed by atoms with Crippen LogP contribution in [0.1, 0.15) is 18.9 Å². The second-order valence-electron chi connectivity index (χ2n) is 3.60. The van der Waals surface area contributed by atoms with E-state index in [4.69, 9.17) is 0 Å². The van der Waals surface area contributed by atoms with Crippen molar-refractivity contribution < 1.29 is 4.79 Å². The molecule has 0 aromatic carbocycles. The zero-order valence-corrected chi connectivity index (χ0v) is 12.6. The van der Waals surface area contributed by atoms with Gasteiger partial charge in [0.1, 0.15) is 9.38 Å². The van der Waals surface area contributed by atoms with Gasteiger partial charge in [-0.2, -0.15) is 0 Å². The number of rotatable bonds is 4. The molecule has 98 valence electrons. The maximum absolute atomic E-state index is 11.9. The van der Waals surface area contributed by atoms with E-state index in [0.29, 0.717) is 5.13 Å². The highest BCUT2D eigenvalue weighted by atomic mass is 32.2. The van der Waals surface area contributed by atoms with E-state index in [2.05, 4.69) is 20.5 Å². The van der Waals surface area contributed by atoms with Gasteiger partial charge >= 0.3 is 0 Å². The summed E-state index contributed by atoms with van der Waals surface area (Å²) >= 11 is 4.64. The van der Waals surface area contributed by atoms with E-state index in [0.717, 1.165) is 28.1 Å². The van der Waals surface area contributed by atoms with Crippen molar-refractivity contribution in [3.63, 3.8) is 0 Å². The Morgan fingerprint density at radius 1 is 1.56 bits per heavy atom. The molecule has 18 heavy (non-hydrogen) atoms. The molecule has 2 heterocycles. The van der Waals surface area contributed by atoms with Gasteiger partial charge in [0.05, 0.1) is 11.8 Å². The first-order chi connectivity index (χ1) is 8.69. The van der Waals surface area contributed by atoms with Crippen LogP contribution in [0.25, 0.3) is 0 Å². The molecule has 1 amide bonds. The average Bonchev–Trinajstić information content (AvgIpc) is 3.00. The van der Waals surface area contributed by atoms with Gasteiger partial charge in [0, 0.05) is 5.75 Å². The van der Waals surface area contributed by atoms with Gasteiger partial charge < -0.3 is 0 Å². The number of hydrogen-bond donors (Lipinski definition) is 1. The van der Waals surface area contributed by atoms with E-state index in [1.807, 2.05) is 13.8 Å². The number of carbonyl (C=O) groups excluding carboxylic acids is 1. The minimum absolute atomic E-state index is 0.0472. The zero-order valence-electron chi connectivity index (χ0n) is 10.2. The predicted molar refractivity (Wildman–Crippen MR) is 79.7 cm³/mol. The van der Waals surface area contributed by atoms with E-state index in [-0.39, 0.29) is 11.2 Å². The maximum Gasteiger partial charge on any atom is 0.239 e. The van der Waals surface area contributed by atoms with E-state index >= 15 is 0 Å². The molecule has 1 unspecified atom stereocenters. The first-order valence-corrected chi connectivity index (χ1v) is 8.34. The monoisotopic (exact) mass is 302 g/mol. The summed E-state index contributed by atoms with van der Waals surface area (Å²) in [5.41, 5.74) is 0. The quantitative estimate of drug-likeness (QED) is 0.924. The fraction of sp³-hybridized carbons (Fsp3) is 0.600. The number of amides is 1. The average molecular weight is 302 g/mol. The van der Waals surface area contributed by atoms with Gasteiger partial charge in [0.2, 0.25) is 11.0 Å². The van der Waals surface area contributed by atoms with Crippen molar-refractivity contribution in [1.29, 1.82) is 0 Å². The Kier molecular flexibility index (Phi) is 5.02. The molecule has 0 saturated heterocycles. The number of aromatic nitrogens is 2. The number of anilines is 1. The van der Waals surface area contributed by atoms with Crippen LogP contribution >= 0.6 is 34.9 Å². The Morgan fingerprint density at radius 2 is 2.39 bits per heavy atom. The number of carbonyl (C=O) groups is 1. The number of nitrogens with one attached hydrogen (secondary N) is 1. The Balaban J connectivity index is 1.86. The van der Waals surface area contributed by atoms with Gasteiger partial charge in [-0.15, -0.1) is 10.2 Å². The fourth-order valence-corrected chi connectivity index (χ4v) is 4.06. The zero-order chi connectivity index (χ0) is 13.0. The smallest absolute Gasteiger partial charge is 0.239 e. The number of thioether (sulfide) groups is 2. The summed E-state index contributed by atoms with van der Waals surface area (Å²) in [4.78, 5) is 16.3. The summed E-state index contributed by atoms with van der Waals surface area (Å²) in [6.07, 6.45) is 0.839. The first-order valence-electron chi connectivity index (χ1n) is 5.66. The molecule has 1 aromatic rings. The molecule has 1 N–H and O–H groups in total. The van der Waals surface area contributed by atoms with Crippen LogP contribution in [0.4, 0.5) is 5.13 Å². The second-order valence-corrected chi connectivity index (χ2v) is 7.33. The highest BCUT2D eigenvalue weighted by Gasteiger charge is 2.19. The van der Waals surface area contributed by atoms with Crippen LogP contribution in [0.15, 0.2) is 4.99 Å². The highest BCUT2D eigenvalue weighted by molar-refractivity contribution is 8.39. The molecule has 0 spiro atoms. The molecule has 1 aromatic heterocycles. The topological polar surface area (TPSA) is 67.2 Å². The van der Waals surface area contributed by atoms with E-state index in [1.165, 1.54) is 23.1 Å². The minimum atomic E-state index is -0.164. The molecule has 0 aliphatic carbocycles. The van der Waals surface area contributed by atoms with Gasteiger partial charge in [-0.3, -0.25) is 15.1 Å².